The van der Waals surface area contributed by atoms with Gasteiger partial charge in [-0.25, -0.2) is 9.97 Å². The van der Waals surface area contributed by atoms with E-state index in [4.69, 9.17) is 0 Å². The Balaban J connectivity index is 1.42. The fourth-order valence-corrected chi connectivity index (χ4v) is 4.33. The van der Waals surface area contributed by atoms with Crippen LogP contribution in [0.3, 0.4) is 0 Å². The van der Waals surface area contributed by atoms with E-state index >= 15 is 0 Å². The fourth-order valence-electron chi connectivity index (χ4n) is 4.33. The standard InChI is InChI=1S/C20H31N7/c1-26-9-11-27(12-10-26)18-13-16(7-8-21-18)14-22-19(20-23-15-24-25-20)17-5-3-2-4-6-17/h7-8,13,15,17,19,22H,2-6,9-12,14H2,1H3,(H,23,24,25). The average molecular weight is 370 g/mol. The van der Waals surface area contributed by atoms with Gasteiger partial charge in [0.15, 0.2) is 0 Å². The minimum Gasteiger partial charge on any atom is -0.354 e. The molecule has 27 heavy (non-hydrogen) atoms. The predicted molar refractivity (Wildman–Crippen MR) is 106 cm³/mol. The number of anilines is 1. The van der Waals surface area contributed by atoms with Crippen molar-refractivity contribution in [1.29, 1.82) is 0 Å². The maximum Gasteiger partial charge on any atom is 0.141 e. The second-order valence-corrected chi connectivity index (χ2v) is 7.94. The van der Waals surface area contributed by atoms with Crippen LogP contribution in [0, 0.1) is 5.92 Å². The zero-order valence-corrected chi connectivity index (χ0v) is 16.3. The van der Waals surface area contributed by atoms with Crippen LogP contribution in [0.1, 0.15) is 49.5 Å². The second-order valence-electron chi connectivity index (χ2n) is 7.94. The van der Waals surface area contributed by atoms with Crippen LogP contribution in [0.4, 0.5) is 5.82 Å². The molecule has 7 heteroatoms. The molecule has 7 nitrogen and oxygen atoms in total. The number of hydrogen-bond donors (Lipinski definition) is 2. The van der Waals surface area contributed by atoms with Crippen LogP contribution in [0.25, 0.3) is 0 Å². The third kappa shape index (κ3) is 4.65. The highest BCUT2D eigenvalue weighted by Crippen LogP contribution is 2.33. The summed E-state index contributed by atoms with van der Waals surface area (Å²) in [4.78, 5) is 13.8. The summed E-state index contributed by atoms with van der Waals surface area (Å²) in [5.74, 6) is 2.69. The Bertz CT molecular complexity index is 688. The topological polar surface area (TPSA) is 73.0 Å². The Hall–Kier alpha value is -1.99. The second kappa shape index (κ2) is 8.80. The Kier molecular flexibility index (Phi) is 5.99. The molecule has 0 bridgehead atoms. The molecule has 0 radical (unpaired) electrons. The molecule has 0 spiro atoms. The van der Waals surface area contributed by atoms with E-state index in [1.165, 1.54) is 37.7 Å². The van der Waals surface area contributed by atoms with Gasteiger partial charge in [0.05, 0.1) is 6.04 Å². The van der Waals surface area contributed by atoms with Crippen molar-refractivity contribution in [3.05, 3.63) is 36.0 Å². The molecule has 1 saturated carbocycles. The van der Waals surface area contributed by atoms with Gasteiger partial charge in [0, 0.05) is 38.9 Å². The largest absolute Gasteiger partial charge is 0.354 e. The number of pyridine rings is 1. The van der Waals surface area contributed by atoms with Gasteiger partial charge in [0.1, 0.15) is 18.0 Å². The molecule has 1 aliphatic heterocycles. The highest BCUT2D eigenvalue weighted by molar-refractivity contribution is 5.41. The first-order valence-corrected chi connectivity index (χ1v) is 10.3. The van der Waals surface area contributed by atoms with Crippen LogP contribution >= 0.6 is 0 Å². The van der Waals surface area contributed by atoms with Gasteiger partial charge >= 0.3 is 0 Å². The normalized spacial score (nSPS) is 20.7. The van der Waals surface area contributed by atoms with Crippen molar-refractivity contribution in [2.24, 2.45) is 5.92 Å². The highest BCUT2D eigenvalue weighted by atomic mass is 15.3. The van der Waals surface area contributed by atoms with E-state index in [-0.39, 0.29) is 6.04 Å². The fraction of sp³-hybridized carbons (Fsp3) is 0.650. The Morgan fingerprint density at radius 2 is 1.96 bits per heavy atom. The highest BCUT2D eigenvalue weighted by Gasteiger charge is 2.27. The molecule has 1 atom stereocenters. The minimum absolute atomic E-state index is 0.244. The first-order chi connectivity index (χ1) is 13.3. The number of piperazine rings is 1. The van der Waals surface area contributed by atoms with Gasteiger partial charge in [-0.3, -0.25) is 5.10 Å². The number of hydrogen-bond acceptors (Lipinski definition) is 6. The summed E-state index contributed by atoms with van der Waals surface area (Å²) in [6.07, 6.45) is 10.1. The summed E-state index contributed by atoms with van der Waals surface area (Å²) in [7, 11) is 2.18. The third-order valence-corrected chi connectivity index (χ3v) is 6.01. The number of rotatable bonds is 6. The number of likely N-dealkylation sites (N-methyl/N-ethyl adjacent to an activating group) is 1. The summed E-state index contributed by atoms with van der Waals surface area (Å²) >= 11 is 0. The van der Waals surface area contributed by atoms with Crippen LogP contribution in [0.5, 0.6) is 0 Å². The molecule has 1 aliphatic carbocycles. The van der Waals surface area contributed by atoms with E-state index in [0.717, 1.165) is 44.4 Å². The van der Waals surface area contributed by atoms with Gasteiger partial charge in [-0.15, -0.1) is 0 Å². The van der Waals surface area contributed by atoms with Crippen LogP contribution in [-0.4, -0.2) is 58.3 Å². The number of H-pyrrole nitrogens is 1. The van der Waals surface area contributed by atoms with E-state index in [9.17, 15) is 0 Å². The van der Waals surface area contributed by atoms with Crippen LogP contribution in [0.15, 0.2) is 24.7 Å². The monoisotopic (exact) mass is 369 g/mol. The molecule has 4 rings (SSSR count). The van der Waals surface area contributed by atoms with E-state index in [1.54, 1.807) is 6.33 Å². The molecule has 1 unspecified atom stereocenters. The van der Waals surface area contributed by atoms with Crippen LogP contribution < -0.4 is 10.2 Å². The zero-order chi connectivity index (χ0) is 18.5. The van der Waals surface area contributed by atoms with Gasteiger partial charge in [-0.2, -0.15) is 5.10 Å². The Morgan fingerprint density at radius 3 is 2.70 bits per heavy atom. The lowest BCUT2D eigenvalue weighted by Gasteiger charge is -2.33. The molecule has 2 aromatic rings. The SMILES string of the molecule is CN1CCN(c2cc(CNC(c3ncn[nH]3)C3CCCCC3)ccn2)CC1. The average Bonchev–Trinajstić information content (AvgIpc) is 3.24. The molecule has 2 aromatic heterocycles. The molecular weight excluding hydrogens is 338 g/mol. The molecule has 2 aliphatic rings. The number of aromatic nitrogens is 4. The molecule has 2 N–H and O–H groups in total. The van der Waals surface area contributed by atoms with E-state index in [0.29, 0.717) is 5.92 Å². The summed E-state index contributed by atoms with van der Waals surface area (Å²) in [6, 6.07) is 4.59. The Labute approximate surface area is 161 Å². The van der Waals surface area contributed by atoms with E-state index in [2.05, 4.69) is 54.5 Å². The van der Waals surface area contributed by atoms with Crippen molar-refractivity contribution < 1.29 is 0 Å². The number of nitrogens with zero attached hydrogens (tertiary/aromatic N) is 5. The number of aromatic amines is 1. The molecule has 0 aromatic carbocycles. The minimum atomic E-state index is 0.244. The van der Waals surface area contributed by atoms with E-state index in [1.807, 2.05) is 6.20 Å². The lowest BCUT2D eigenvalue weighted by molar-refractivity contribution is 0.262. The summed E-state index contributed by atoms with van der Waals surface area (Å²) in [5, 5.41) is 10.9. The molecule has 2 fully saturated rings. The predicted octanol–water partition coefficient (Wildman–Crippen LogP) is 2.36. The zero-order valence-electron chi connectivity index (χ0n) is 16.3. The summed E-state index contributed by atoms with van der Waals surface area (Å²) in [6.45, 7) is 5.11. The van der Waals surface area contributed by atoms with Crippen molar-refractivity contribution in [2.45, 2.75) is 44.7 Å². The molecule has 1 saturated heterocycles. The lowest BCUT2D eigenvalue weighted by Crippen LogP contribution is -2.44. The van der Waals surface area contributed by atoms with Gasteiger partial charge in [-0.1, -0.05) is 19.3 Å². The third-order valence-electron chi connectivity index (χ3n) is 6.01. The van der Waals surface area contributed by atoms with Gasteiger partial charge < -0.3 is 15.1 Å². The summed E-state index contributed by atoms with van der Waals surface area (Å²) in [5.41, 5.74) is 1.28. The molecular formula is C20H31N7. The molecule has 146 valence electrons. The van der Waals surface area contributed by atoms with Gasteiger partial charge in [0.2, 0.25) is 0 Å². The van der Waals surface area contributed by atoms with Gasteiger partial charge in [0.25, 0.3) is 0 Å². The molecule has 3 heterocycles. The first-order valence-electron chi connectivity index (χ1n) is 10.3. The van der Waals surface area contributed by atoms with Crippen LogP contribution in [0.2, 0.25) is 0 Å². The quantitative estimate of drug-likeness (QED) is 0.814. The van der Waals surface area contributed by atoms with Crippen molar-refractivity contribution in [3.8, 4) is 0 Å². The van der Waals surface area contributed by atoms with Crippen molar-refractivity contribution in [3.63, 3.8) is 0 Å². The smallest absolute Gasteiger partial charge is 0.141 e. The Morgan fingerprint density at radius 1 is 1.15 bits per heavy atom. The maximum absolute atomic E-state index is 4.61. The molecule has 0 amide bonds. The summed E-state index contributed by atoms with van der Waals surface area (Å²) < 4.78 is 0. The maximum atomic E-state index is 4.61. The van der Waals surface area contributed by atoms with E-state index < -0.39 is 0 Å². The van der Waals surface area contributed by atoms with Gasteiger partial charge in [-0.05, 0) is 43.5 Å². The van der Waals surface area contributed by atoms with Crippen molar-refractivity contribution in [2.75, 3.05) is 38.1 Å². The van der Waals surface area contributed by atoms with Crippen molar-refractivity contribution in [1.82, 2.24) is 30.4 Å². The number of nitrogens with one attached hydrogen (secondary N) is 2. The lowest BCUT2D eigenvalue weighted by atomic mass is 9.83. The van der Waals surface area contributed by atoms with Crippen LogP contribution in [-0.2, 0) is 6.54 Å². The first kappa shape index (κ1) is 18.4. The van der Waals surface area contributed by atoms with Crippen molar-refractivity contribution >= 4 is 5.82 Å².